The third-order valence-corrected chi connectivity index (χ3v) is 3.71. The van der Waals surface area contributed by atoms with Gasteiger partial charge in [-0.1, -0.05) is 12.7 Å². The molecule has 170 valence electrons. The molecule has 0 saturated heterocycles. The highest BCUT2D eigenvalue weighted by molar-refractivity contribution is 7.56. The van der Waals surface area contributed by atoms with Crippen LogP contribution in [0.4, 0.5) is 0 Å². The van der Waals surface area contributed by atoms with Crippen molar-refractivity contribution >= 4 is 13.5 Å². The summed E-state index contributed by atoms with van der Waals surface area (Å²) >= 11 is 0. The van der Waals surface area contributed by atoms with Crippen LogP contribution in [-0.2, 0) is 13.9 Å². The van der Waals surface area contributed by atoms with E-state index < -0.39 is 7.60 Å². The topological polar surface area (TPSA) is 78.5 Å². The fourth-order valence-corrected chi connectivity index (χ4v) is 2.01. The van der Waals surface area contributed by atoms with Gasteiger partial charge in [-0.15, -0.1) is 0 Å². The second-order valence-corrected chi connectivity index (χ2v) is 6.91. The number of rotatable bonds is 5. The van der Waals surface area contributed by atoms with Gasteiger partial charge in [0.15, 0.2) is 0 Å². The predicted octanol–water partition coefficient (Wildman–Crippen LogP) is 1.27. The Kier molecular flexibility index (Phi) is 18.1. The third-order valence-electron chi connectivity index (χ3n) is 2.80. The standard InChI is InChI=1S/C30H16NO4P/c1-4-6-21-24-30(5-2)25-22-19-17-15-13-11-9-7-8-10-12-14-16-18-20-23-28-36(33,34)35-27-26-31-29(3)32/h1,5,26-27H2,2-3H3,(H,31,32)(H,33,34)/p-1. The number of nitrogens with one attached hydrogen (secondary N) is 1. The summed E-state index contributed by atoms with van der Waals surface area (Å²) in [7, 11) is -4.36. The SMILES string of the molecule is C=C=C=C=C=C(C#CC#CC#CC#CC#CC#CC#CC#CC#CP(=O)([O-])OCCNC(C)=O)CC. The van der Waals surface area contributed by atoms with Gasteiger partial charge >= 0.3 is 0 Å². The van der Waals surface area contributed by atoms with Crippen LogP contribution in [0.3, 0.4) is 0 Å². The Morgan fingerprint density at radius 1 is 0.833 bits per heavy atom. The maximum Gasteiger partial charge on any atom is 0.216 e. The zero-order valence-electron chi connectivity index (χ0n) is 19.4. The summed E-state index contributed by atoms with van der Waals surface area (Å²) in [4.78, 5) is 22.1. The minimum Gasteiger partial charge on any atom is -0.769 e. The molecule has 36 heavy (non-hydrogen) atoms. The van der Waals surface area contributed by atoms with Crippen LogP contribution in [0.5, 0.6) is 0 Å². The van der Waals surface area contributed by atoms with E-state index in [9.17, 15) is 14.3 Å². The Labute approximate surface area is 212 Å². The van der Waals surface area contributed by atoms with Crippen LogP contribution < -0.4 is 10.2 Å². The summed E-state index contributed by atoms with van der Waals surface area (Å²) < 4.78 is 16.0. The lowest BCUT2D eigenvalue weighted by molar-refractivity contribution is -0.193. The van der Waals surface area contributed by atoms with Crippen molar-refractivity contribution in [3.63, 3.8) is 0 Å². The highest BCUT2D eigenvalue weighted by Gasteiger charge is 2.02. The smallest absolute Gasteiger partial charge is 0.216 e. The largest absolute Gasteiger partial charge is 0.769 e. The molecule has 1 unspecified atom stereocenters. The lowest BCUT2D eigenvalue weighted by Crippen LogP contribution is -2.24. The first kappa shape index (κ1) is 30.5. The zero-order valence-corrected chi connectivity index (χ0v) is 20.3. The molecule has 1 atom stereocenters. The van der Waals surface area contributed by atoms with E-state index in [-0.39, 0.29) is 19.1 Å². The van der Waals surface area contributed by atoms with Crippen LogP contribution in [0.25, 0.3) is 0 Å². The third kappa shape index (κ3) is 21.7. The summed E-state index contributed by atoms with van der Waals surface area (Å²) in [6.07, 6.45) is 0.680. The Bertz CT molecular complexity index is 1650. The second-order valence-electron chi connectivity index (χ2n) is 5.43. The van der Waals surface area contributed by atoms with Gasteiger partial charge in [0, 0.05) is 13.5 Å². The van der Waals surface area contributed by atoms with E-state index >= 15 is 0 Å². The molecule has 0 aromatic carbocycles. The fourth-order valence-electron chi connectivity index (χ4n) is 1.42. The van der Waals surface area contributed by atoms with Crippen molar-refractivity contribution in [3.8, 4) is 106 Å². The molecule has 0 saturated carbocycles. The molecule has 0 bridgehead atoms. The van der Waals surface area contributed by atoms with Crippen molar-refractivity contribution in [1.82, 2.24) is 5.32 Å². The molecule has 0 aromatic rings. The molecule has 0 aliphatic rings. The molecule has 6 heteroatoms. The van der Waals surface area contributed by atoms with Crippen LogP contribution in [0.1, 0.15) is 20.3 Å². The van der Waals surface area contributed by atoms with Crippen molar-refractivity contribution < 1.29 is 18.8 Å². The molecule has 0 rings (SSSR count). The number of carbonyl (C=O) groups is 1. The van der Waals surface area contributed by atoms with Crippen molar-refractivity contribution in [1.29, 1.82) is 0 Å². The molecule has 0 heterocycles. The van der Waals surface area contributed by atoms with E-state index in [2.05, 4.69) is 140 Å². The first-order chi connectivity index (χ1) is 17.4. The van der Waals surface area contributed by atoms with Gasteiger partial charge in [0.05, 0.1) is 12.2 Å². The molecule has 5 nitrogen and oxygen atoms in total. The molecule has 0 spiro atoms. The summed E-state index contributed by atoms with van der Waals surface area (Å²) in [6, 6.07) is 0. The van der Waals surface area contributed by atoms with Crippen LogP contribution in [0.2, 0.25) is 0 Å². The van der Waals surface area contributed by atoms with Gasteiger partial charge in [-0.25, -0.2) is 0 Å². The molecule has 0 aromatic heterocycles. The minimum atomic E-state index is -4.36. The van der Waals surface area contributed by atoms with Gasteiger partial charge in [0.2, 0.25) is 13.5 Å². The van der Waals surface area contributed by atoms with E-state index in [1.54, 1.807) is 0 Å². The van der Waals surface area contributed by atoms with Crippen molar-refractivity contribution in [2.45, 2.75) is 20.3 Å². The zero-order chi connectivity index (χ0) is 26.7. The van der Waals surface area contributed by atoms with E-state index in [4.69, 9.17) is 0 Å². The average Bonchev–Trinajstić information content (AvgIpc) is 2.84. The number of amides is 1. The Hall–Kier alpha value is -5.48. The molecule has 1 N–H and O–H groups in total. The molecule has 0 aliphatic heterocycles. The van der Waals surface area contributed by atoms with Crippen LogP contribution in [0.15, 0.2) is 35.1 Å². The molecule has 0 radical (unpaired) electrons. The molecule has 0 aliphatic carbocycles. The van der Waals surface area contributed by atoms with Crippen LogP contribution >= 0.6 is 7.60 Å². The van der Waals surface area contributed by atoms with E-state index in [1.807, 2.05) is 12.6 Å². The quantitative estimate of drug-likeness (QED) is 0.276. The van der Waals surface area contributed by atoms with Gasteiger partial charge in [0.25, 0.3) is 0 Å². The first-order valence-corrected chi connectivity index (χ1v) is 11.3. The van der Waals surface area contributed by atoms with Gasteiger partial charge in [-0.3, -0.25) is 9.36 Å². The number of hydrogen-bond donors (Lipinski definition) is 1. The molecular weight excluding hydrogens is 469 g/mol. The van der Waals surface area contributed by atoms with E-state index in [0.29, 0.717) is 6.42 Å². The lowest BCUT2D eigenvalue weighted by atomic mass is 10.2. The van der Waals surface area contributed by atoms with Crippen molar-refractivity contribution in [2.24, 2.45) is 0 Å². The highest BCUT2D eigenvalue weighted by Crippen LogP contribution is 2.34. The number of allylic oxidation sites excluding steroid dienone is 1. The van der Waals surface area contributed by atoms with E-state index in [1.165, 1.54) is 6.92 Å². The normalized spacial score (nSPS) is 8.08. The van der Waals surface area contributed by atoms with Crippen LogP contribution in [0, 0.1) is 106 Å². The first-order valence-electron chi connectivity index (χ1n) is 9.78. The second kappa shape index (κ2) is 21.4. The minimum absolute atomic E-state index is 0.0516. The monoisotopic (exact) mass is 484 g/mol. The van der Waals surface area contributed by atoms with Gasteiger partial charge in [-0.05, 0) is 137 Å². The van der Waals surface area contributed by atoms with Crippen LogP contribution in [-0.4, -0.2) is 19.1 Å². The van der Waals surface area contributed by atoms with Gasteiger partial charge in [-0.2, -0.15) is 0 Å². The lowest BCUT2D eigenvalue weighted by Gasteiger charge is -2.16. The Morgan fingerprint density at radius 2 is 1.31 bits per heavy atom. The number of carbonyl (C=O) groups excluding carboxylic acids is 1. The predicted molar refractivity (Wildman–Crippen MR) is 136 cm³/mol. The number of hydrogen-bond acceptors (Lipinski definition) is 4. The highest BCUT2D eigenvalue weighted by atomic mass is 31.2. The van der Waals surface area contributed by atoms with Crippen molar-refractivity contribution in [2.75, 3.05) is 13.2 Å². The van der Waals surface area contributed by atoms with Crippen molar-refractivity contribution in [3.05, 3.63) is 35.1 Å². The molecule has 1 amide bonds. The van der Waals surface area contributed by atoms with E-state index in [0.717, 1.165) is 5.57 Å². The Balaban J connectivity index is 4.67. The average molecular weight is 484 g/mol. The fraction of sp³-hybridized carbons (Fsp3) is 0.167. The molecule has 0 fully saturated rings. The Morgan fingerprint density at radius 3 is 1.75 bits per heavy atom. The van der Waals surface area contributed by atoms with Gasteiger partial charge in [0.1, 0.15) is 0 Å². The van der Waals surface area contributed by atoms with Gasteiger partial charge < -0.3 is 14.7 Å². The maximum absolute atomic E-state index is 11.4. The molecular formula is C30H15NO4P-. The summed E-state index contributed by atoms with van der Waals surface area (Å²) in [6.45, 7) is 6.43. The maximum atomic E-state index is 11.4. The summed E-state index contributed by atoms with van der Waals surface area (Å²) in [5.74, 6) is 41.4. The summed E-state index contributed by atoms with van der Waals surface area (Å²) in [5, 5.41) is 2.38. The summed E-state index contributed by atoms with van der Waals surface area (Å²) in [5.41, 5.74) is 13.0.